The molecule has 0 aromatic carbocycles. The molecule has 104 valence electrons. The van der Waals surface area contributed by atoms with Gasteiger partial charge in [0.15, 0.2) is 0 Å². The molecular weight excluding hydrogens is 250 g/mol. The molecule has 0 spiro atoms. The Balaban J connectivity index is 1.95. The SMILES string of the molecule is N#Cc1cc2c(nc1N1CCCC(C=O)C1)CCCC2. The molecule has 1 aliphatic carbocycles. The second-order valence-corrected chi connectivity index (χ2v) is 5.77. The Bertz CT molecular complexity index is 562. The number of rotatable bonds is 2. The topological polar surface area (TPSA) is 57.0 Å². The summed E-state index contributed by atoms with van der Waals surface area (Å²) in [4.78, 5) is 17.9. The minimum atomic E-state index is 0.0770. The molecule has 3 rings (SSSR count). The monoisotopic (exact) mass is 269 g/mol. The van der Waals surface area contributed by atoms with E-state index >= 15 is 0 Å². The summed E-state index contributed by atoms with van der Waals surface area (Å²) in [5.74, 6) is 0.868. The first-order valence-electron chi connectivity index (χ1n) is 7.45. The Labute approximate surface area is 119 Å². The lowest BCUT2D eigenvalue weighted by molar-refractivity contribution is -0.111. The summed E-state index contributed by atoms with van der Waals surface area (Å²) in [6, 6.07) is 4.30. The minimum Gasteiger partial charge on any atom is -0.355 e. The number of hydrogen-bond donors (Lipinski definition) is 0. The van der Waals surface area contributed by atoms with Crippen LogP contribution in [0.5, 0.6) is 0 Å². The van der Waals surface area contributed by atoms with Gasteiger partial charge in [0.2, 0.25) is 0 Å². The molecule has 0 N–H and O–H groups in total. The summed E-state index contributed by atoms with van der Waals surface area (Å²) >= 11 is 0. The number of aryl methyl sites for hydroxylation is 2. The number of hydrogen-bond acceptors (Lipinski definition) is 4. The smallest absolute Gasteiger partial charge is 0.146 e. The number of carbonyl (C=O) groups excluding carboxylic acids is 1. The average molecular weight is 269 g/mol. The van der Waals surface area contributed by atoms with Crippen LogP contribution in [0.15, 0.2) is 6.07 Å². The third-order valence-electron chi connectivity index (χ3n) is 4.35. The molecule has 0 amide bonds. The molecule has 1 fully saturated rings. The van der Waals surface area contributed by atoms with Crippen LogP contribution in [-0.4, -0.2) is 24.4 Å². The molecule has 1 atom stereocenters. The van der Waals surface area contributed by atoms with Gasteiger partial charge in [0, 0.05) is 24.7 Å². The van der Waals surface area contributed by atoms with E-state index in [2.05, 4.69) is 11.0 Å². The lowest BCUT2D eigenvalue weighted by atomic mass is 9.94. The van der Waals surface area contributed by atoms with Gasteiger partial charge in [0.1, 0.15) is 18.2 Å². The highest BCUT2D eigenvalue weighted by Gasteiger charge is 2.24. The highest BCUT2D eigenvalue weighted by molar-refractivity contribution is 5.60. The van der Waals surface area contributed by atoms with Crippen LogP contribution in [-0.2, 0) is 17.6 Å². The van der Waals surface area contributed by atoms with Crippen LogP contribution in [0.4, 0.5) is 5.82 Å². The van der Waals surface area contributed by atoms with E-state index < -0.39 is 0 Å². The van der Waals surface area contributed by atoms with Crippen LogP contribution in [0.1, 0.15) is 42.5 Å². The average Bonchev–Trinajstić information content (AvgIpc) is 2.53. The van der Waals surface area contributed by atoms with Gasteiger partial charge >= 0.3 is 0 Å². The Morgan fingerprint density at radius 3 is 3.00 bits per heavy atom. The third-order valence-corrected chi connectivity index (χ3v) is 4.35. The van der Waals surface area contributed by atoms with E-state index in [1.54, 1.807) is 0 Å². The number of nitriles is 1. The van der Waals surface area contributed by atoms with Gasteiger partial charge in [0.05, 0.1) is 5.56 Å². The van der Waals surface area contributed by atoms with Gasteiger partial charge in [-0.05, 0) is 50.2 Å². The zero-order valence-corrected chi connectivity index (χ0v) is 11.6. The lowest BCUT2D eigenvalue weighted by Crippen LogP contribution is -2.37. The maximum atomic E-state index is 11.0. The fourth-order valence-corrected chi connectivity index (χ4v) is 3.26. The molecule has 0 bridgehead atoms. The lowest BCUT2D eigenvalue weighted by Gasteiger charge is -2.32. The van der Waals surface area contributed by atoms with Crippen LogP contribution >= 0.6 is 0 Å². The maximum absolute atomic E-state index is 11.0. The van der Waals surface area contributed by atoms with Crippen molar-refractivity contribution < 1.29 is 4.79 Å². The first-order valence-corrected chi connectivity index (χ1v) is 7.45. The molecule has 4 heteroatoms. The van der Waals surface area contributed by atoms with Crippen molar-refractivity contribution in [3.05, 3.63) is 22.9 Å². The Kier molecular flexibility index (Phi) is 3.68. The van der Waals surface area contributed by atoms with Gasteiger partial charge in [-0.3, -0.25) is 0 Å². The van der Waals surface area contributed by atoms with Crippen molar-refractivity contribution in [1.29, 1.82) is 5.26 Å². The Morgan fingerprint density at radius 2 is 2.20 bits per heavy atom. The van der Waals surface area contributed by atoms with Gasteiger partial charge in [-0.25, -0.2) is 4.98 Å². The van der Waals surface area contributed by atoms with Crippen LogP contribution in [0.25, 0.3) is 0 Å². The third kappa shape index (κ3) is 2.40. The standard InChI is InChI=1S/C16H19N3O/c17-9-14-8-13-5-1-2-6-15(13)18-16(14)19-7-3-4-12(10-19)11-20/h8,11-12H,1-7,10H2. The van der Waals surface area contributed by atoms with E-state index in [0.717, 1.165) is 50.0 Å². The molecule has 1 aromatic heterocycles. The van der Waals surface area contributed by atoms with E-state index in [0.29, 0.717) is 12.1 Å². The highest BCUT2D eigenvalue weighted by atomic mass is 16.1. The van der Waals surface area contributed by atoms with Crippen molar-refractivity contribution in [2.45, 2.75) is 38.5 Å². The number of pyridine rings is 1. The number of nitrogens with zero attached hydrogens (tertiary/aromatic N) is 3. The molecule has 20 heavy (non-hydrogen) atoms. The van der Waals surface area contributed by atoms with Crippen LogP contribution in [0, 0.1) is 17.2 Å². The first kappa shape index (κ1) is 13.1. The minimum absolute atomic E-state index is 0.0770. The van der Waals surface area contributed by atoms with Gasteiger partial charge in [0.25, 0.3) is 0 Å². The summed E-state index contributed by atoms with van der Waals surface area (Å²) in [5.41, 5.74) is 3.05. The van der Waals surface area contributed by atoms with Crippen LogP contribution in [0.2, 0.25) is 0 Å². The van der Waals surface area contributed by atoms with Crippen LogP contribution < -0.4 is 4.90 Å². The molecule has 0 saturated carbocycles. The fourth-order valence-electron chi connectivity index (χ4n) is 3.26. The summed E-state index contributed by atoms with van der Waals surface area (Å²) in [6.07, 6.45) is 7.40. The van der Waals surface area contributed by atoms with Gasteiger partial charge in [-0.1, -0.05) is 0 Å². The van der Waals surface area contributed by atoms with Crippen LogP contribution in [0.3, 0.4) is 0 Å². The van der Waals surface area contributed by atoms with Gasteiger partial charge in [-0.2, -0.15) is 5.26 Å². The zero-order chi connectivity index (χ0) is 13.9. The molecular formula is C16H19N3O. The number of anilines is 1. The Morgan fingerprint density at radius 1 is 1.35 bits per heavy atom. The van der Waals surface area contributed by atoms with E-state index in [-0.39, 0.29) is 5.92 Å². The summed E-state index contributed by atoms with van der Waals surface area (Å²) < 4.78 is 0. The van der Waals surface area contributed by atoms with E-state index in [1.165, 1.54) is 18.4 Å². The number of aromatic nitrogens is 1. The van der Waals surface area contributed by atoms with Crippen molar-refractivity contribution in [2.75, 3.05) is 18.0 Å². The molecule has 4 nitrogen and oxygen atoms in total. The van der Waals surface area contributed by atoms with Crippen molar-refractivity contribution in [3.63, 3.8) is 0 Å². The van der Waals surface area contributed by atoms with Gasteiger partial charge in [-0.15, -0.1) is 0 Å². The summed E-state index contributed by atoms with van der Waals surface area (Å²) in [6.45, 7) is 1.59. The van der Waals surface area contributed by atoms with Crippen molar-refractivity contribution >= 4 is 12.1 Å². The second kappa shape index (κ2) is 5.62. The maximum Gasteiger partial charge on any atom is 0.146 e. The van der Waals surface area contributed by atoms with E-state index in [1.807, 2.05) is 6.07 Å². The number of carbonyl (C=O) groups is 1. The normalized spacial score (nSPS) is 21.9. The predicted octanol–water partition coefficient (Wildman–Crippen LogP) is 2.25. The summed E-state index contributed by atoms with van der Waals surface area (Å²) in [7, 11) is 0. The molecule has 1 aliphatic heterocycles. The molecule has 1 saturated heterocycles. The Hall–Kier alpha value is -1.89. The summed E-state index contributed by atoms with van der Waals surface area (Å²) in [5, 5.41) is 9.39. The molecule has 2 heterocycles. The number of piperidine rings is 1. The van der Waals surface area contributed by atoms with Crippen molar-refractivity contribution in [2.24, 2.45) is 5.92 Å². The number of fused-ring (bicyclic) bond motifs is 1. The molecule has 1 aromatic rings. The quantitative estimate of drug-likeness (QED) is 0.773. The molecule has 0 radical (unpaired) electrons. The number of aldehydes is 1. The van der Waals surface area contributed by atoms with Gasteiger partial charge < -0.3 is 9.69 Å². The molecule has 2 aliphatic rings. The van der Waals surface area contributed by atoms with Crippen molar-refractivity contribution in [1.82, 2.24) is 4.98 Å². The fraction of sp³-hybridized carbons (Fsp3) is 0.562. The zero-order valence-electron chi connectivity index (χ0n) is 11.6. The predicted molar refractivity (Wildman–Crippen MR) is 76.6 cm³/mol. The molecule has 1 unspecified atom stereocenters. The van der Waals surface area contributed by atoms with Crippen molar-refractivity contribution in [3.8, 4) is 6.07 Å². The highest BCUT2D eigenvalue weighted by Crippen LogP contribution is 2.28. The second-order valence-electron chi connectivity index (χ2n) is 5.77. The van der Waals surface area contributed by atoms with E-state index in [4.69, 9.17) is 4.98 Å². The van der Waals surface area contributed by atoms with E-state index in [9.17, 15) is 10.1 Å². The largest absolute Gasteiger partial charge is 0.355 e. The first-order chi connectivity index (χ1) is 9.81.